The molecule has 0 spiro atoms. The number of carbonyl (C=O) groups excluding carboxylic acids is 1. The van der Waals surface area contributed by atoms with Crippen LogP contribution in [0.2, 0.25) is 0 Å². The van der Waals surface area contributed by atoms with Crippen molar-refractivity contribution in [1.29, 1.82) is 0 Å². The molecule has 1 saturated heterocycles. The van der Waals surface area contributed by atoms with Crippen LogP contribution in [-0.2, 0) is 17.8 Å². The van der Waals surface area contributed by atoms with Crippen molar-refractivity contribution in [2.24, 2.45) is 0 Å². The average molecular weight is 378 g/mol. The molecule has 144 valence electrons. The summed E-state index contributed by atoms with van der Waals surface area (Å²) in [4.78, 5) is 17.3. The standard InChI is InChI=1S/C23H23FN2O2/c24-20-5-3-4-18(15-20)16-28-21-9-7-17(8-10-21)14-19-11-12-25-23(19)26-13-2-1-6-22(26)27/h3-5,7-12,15,25H,1-2,6,13-14,16H2. The molecule has 0 bridgehead atoms. The minimum atomic E-state index is -0.258. The Morgan fingerprint density at radius 2 is 1.89 bits per heavy atom. The highest BCUT2D eigenvalue weighted by atomic mass is 19.1. The highest BCUT2D eigenvalue weighted by Crippen LogP contribution is 2.26. The van der Waals surface area contributed by atoms with Crippen molar-refractivity contribution in [3.63, 3.8) is 0 Å². The molecule has 1 fully saturated rings. The van der Waals surface area contributed by atoms with Crippen molar-refractivity contribution in [3.05, 3.63) is 83.3 Å². The van der Waals surface area contributed by atoms with Crippen LogP contribution in [0.5, 0.6) is 5.75 Å². The van der Waals surface area contributed by atoms with Crippen LogP contribution in [0.25, 0.3) is 0 Å². The Bertz CT molecular complexity index is 949. The predicted molar refractivity (Wildman–Crippen MR) is 107 cm³/mol. The molecule has 5 heteroatoms. The third-order valence-electron chi connectivity index (χ3n) is 5.01. The average Bonchev–Trinajstić information content (AvgIpc) is 3.16. The topological polar surface area (TPSA) is 45.3 Å². The third kappa shape index (κ3) is 4.25. The molecule has 0 saturated carbocycles. The minimum Gasteiger partial charge on any atom is -0.489 e. The van der Waals surface area contributed by atoms with E-state index in [1.807, 2.05) is 47.5 Å². The lowest BCUT2D eigenvalue weighted by molar-refractivity contribution is -0.119. The summed E-state index contributed by atoms with van der Waals surface area (Å²) in [5.41, 5.74) is 3.05. The van der Waals surface area contributed by atoms with Crippen LogP contribution in [0.1, 0.15) is 36.0 Å². The second kappa shape index (κ2) is 8.30. The number of benzene rings is 2. The number of aromatic amines is 1. The van der Waals surface area contributed by atoms with Crippen LogP contribution in [-0.4, -0.2) is 17.4 Å². The van der Waals surface area contributed by atoms with E-state index < -0.39 is 0 Å². The van der Waals surface area contributed by atoms with Crippen molar-refractivity contribution in [1.82, 2.24) is 4.98 Å². The fourth-order valence-electron chi connectivity index (χ4n) is 3.55. The molecule has 2 heterocycles. The van der Waals surface area contributed by atoms with Gasteiger partial charge in [0.25, 0.3) is 0 Å². The number of halogens is 1. The van der Waals surface area contributed by atoms with Gasteiger partial charge in [0.1, 0.15) is 24.0 Å². The minimum absolute atomic E-state index is 0.191. The van der Waals surface area contributed by atoms with E-state index in [1.54, 1.807) is 6.07 Å². The summed E-state index contributed by atoms with van der Waals surface area (Å²) in [5, 5.41) is 0. The molecule has 1 amide bonds. The number of ether oxygens (including phenoxy) is 1. The maximum absolute atomic E-state index is 13.2. The SMILES string of the molecule is O=C1CCCCN1c1[nH]ccc1Cc1ccc(OCc2cccc(F)c2)cc1. The molecule has 3 aromatic rings. The summed E-state index contributed by atoms with van der Waals surface area (Å²) >= 11 is 0. The van der Waals surface area contributed by atoms with E-state index in [-0.39, 0.29) is 11.7 Å². The number of hydrogen-bond donors (Lipinski definition) is 1. The quantitative estimate of drug-likeness (QED) is 0.667. The number of amides is 1. The van der Waals surface area contributed by atoms with Gasteiger partial charge in [0.2, 0.25) is 5.91 Å². The zero-order valence-corrected chi connectivity index (χ0v) is 15.7. The first-order chi connectivity index (χ1) is 13.7. The Labute approximate surface area is 164 Å². The normalized spacial score (nSPS) is 14.3. The van der Waals surface area contributed by atoms with E-state index in [0.29, 0.717) is 13.0 Å². The second-order valence-corrected chi connectivity index (χ2v) is 7.09. The van der Waals surface area contributed by atoms with Crippen LogP contribution in [0.4, 0.5) is 10.2 Å². The van der Waals surface area contributed by atoms with Gasteiger partial charge in [0.15, 0.2) is 0 Å². The predicted octanol–water partition coefficient (Wildman–Crippen LogP) is 4.84. The lowest BCUT2D eigenvalue weighted by Crippen LogP contribution is -2.36. The summed E-state index contributed by atoms with van der Waals surface area (Å²) in [6.45, 7) is 1.11. The van der Waals surface area contributed by atoms with Crippen molar-refractivity contribution in [2.75, 3.05) is 11.4 Å². The molecule has 1 aliphatic heterocycles. The van der Waals surface area contributed by atoms with Crippen molar-refractivity contribution in [3.8, 4) is 5.75 Å². The van der Waals surface area contributed by atoms with Gasteiger partial charge in [-0.25, -0.2) is 4.39 Å². The second-order valence-electron chi connectivity index (χ2n) is 7.09. The first-order valence-corrected chi connectivity index (χ1v) is 9.62. The van der Waals surface area contributed by atoms with E-state index in [4.69, 9.17) is 4.74 Å². The number of nitrogens with zero attached hydrogens (tertiary/aromatic N) is 1. The number of nitrogens with one attached hydrogen (secondary N) is 1. The van der Waals surface area contributed by atoms with Crippen LogP contribution >= 0.6 is 0 Å². The van der Waals surface area contributed by atoms with Gasteiger partial charge < -0.3 is 9.72 Å². The first kappa shape index (κ1) is 18.3. The Balaban J connectivity index is 1.40. The molecule has 1 aromatic heterocycles. The number of aromatic nitrogens is 1. The van der Waals surface area contributed by atoms with Crippen LogP contribution in [0.3, 0.4) is 0 Å². The molecular formula is C23H23FN2O2. The fraction of sp³-hybridized carbons (Fsp3) is 0.261. The Morgan fingerprint density at radius 3 is 2.68 bits per heavy atom. The first-order valence-electron chi connectivity index (χ1n) is 9.62. The highest BCUT2D eigenvalue weighted by molar-refractivity contribution is 5.93. The fourth-order valence-corrected chi connectivity index (χ4v) is 3.55. The number of H-pyrrole nitrogens is 1. The number of hydrogen-bond acceptors (Lipinski definition) is 2. The van der Waals surface area contributed by atoms with Gasteiger partial charge in [-0.3, -0.25) is 9.69 Å². The smallest absolute Gasteiger partial charge is 0.228 e. The lowest BCUT2D eigenvalue weighted by atomic mass is 10.1. The van der Waals surface area contributed by atoms with Gasteiger partial charge in [-0.2, -0.15) is 0 Å². The van der Waals surface area contributed by atoms with Crippen LogP contribution in [0, 0.1) is 5.82 Å². The van der Waals surface area contributed by atoms with Crippen LogP contribution < -0.4 is 9.64 Å². The zero-order chi connectivity index (χ0) is 19.3. The van der Waals surface area contributed by atoms with E-state index in [1.165, 1.54) is 12.1 Å². The van der Waals surface area contributed by atoms with E-state index >= 15 is 0 Å². The monoisotopic (exact) mass is 378 g/mol. The number of piperidine rings is 1. The van der Waals surface area contributed by atoms with Gasteiger partial charge in [-0.1, -0.05) is 24.3 Å². The largest absolute Gasteiger partial charge is 0.489 e. The van der Waals surface area contributed by atoms with Gasteiger partial charge in [-0.05, 0) is 59.9 Å². The summed E-state index contributed by atoms with van der Waals surface area (Å²) < 4.78 is 19.0. The Kier molecular flexibility index (Phi) is 5.42. The van der Waals surface area contributed by atoms with Gasteiger partial charge >= 0.3 is 0 Å². The Hall–Kier alpha value is -3.08. The van der Waals surface area contributed by atoms with E-state index in [9.17, 15) is 9.18 Å². The molecule has 0 radical (unpaired) electrons. The van der Waals surface area contributed by atoms with Crippen LogP contribution in [0.15, 0.2) is 60.8 Å². The molecular weight excluding hydrogens is 355 g/mol. The van der Waals surface area contributed by atoms with E-state index in [2.05, 4.69) is 4.98 Å². The molecule has 0 aliphatic carbocycles. The van der Waals surface area contributed by atoms with Crippen molar-refractivity contribution >= 4 is 11.7 Å². The molecule has 28 heavy (non-hydrogen) atoms. The van der Waals surface area contributed by atoms with Gasteiger partial charge in [0.05, 0.1) is 0 Å². The summed E-state index contributed by atoms with van der Waals surface area (Å²) in [7, 11) is 0. The van der Waals surface area contributed by atoms with E-state index in [0.717, 1.165) is 54.1 Å². The maximum Gasteiger partial charge on any atom is 0.228 e. The maximum atomic E-state index is 13.2. The van der Waals surface area contributed by atoms with Crippen molar-refractivity contribution < 1.29 is 13.9 Å². The molecule has 0 unspecified atom stereocenters. The lowest BCUT2D eigenvalue weighted by Gasteiger charge is -2.26. The number of rotatable bonds is 6. The molecule has 0 atom stereocenters. The highest BCUT2D eigenvalue weighted by Gasteiger charge is 2.22. The molecule has 1 aliphatic rings. The van der Waals surface area contributed by atoms with Gasteiger partial charge in [-0.15, -0.1) is 0 Å². The number of carbonyl (C=O) groups is 1. The third-order valence-corrected chi connectivity index (χ3v) is 5.01. The molecule has 2 aromatic carbocycles. The number of anilines is 1. The summed E-state index contributed by atoms with van der Waals surface area (Å²) in [6.07, 6.45) is 5.27. The molecule has 1 N–H and O–H groups in total. The zero-order valence-electron chi connectivity index (χ0n) is 15.7. The van der Waals surface area contributed by atoms with Crippen molar-refractivity contribution in [2.45, 2.75) is 32.3 Å². The van der Waals surface area contributed by atoms with Gasteiger partial charge in [0, 0.05) is 25.6 Å². The molecule has 4 rings (SSSR count). The Morgan fingerprint density at radius 1 is 1.04 bits per heavy atom. The molecule has 4 nitrogen and oxygen atoms in total. The summed E-state index contributed by atoms with van der Waals surface area (Å²) in [6, 6.07) is 16.3. The summed E-state index contributed by atoms with van der Waals surface area (Å²) in [5.74, 6) is 1.59.